The number of nitrogens with zero attached hydrogens (tertiary/aromatic N) is 1. The van der Waals surface area contributed by atoms with Crippen molar-refractivity contribution < 1.29 is 9.59 Å². The Hall–Kier alpha value is -2.04. The van der Waals surface area contributed by atoms with Crippen LogP contribution in [0.1, 0.15) is 25.3 Å². The van der Waals surface area contributed by atoms with Crippen LogP contribution >= 0.6 is 0 Å². The maximum atomic E-state index is 12.2. The molecule has 0 radical (unpaired) electrons. The van der Waals surface area contributed by atoms with Gasteiger partial charge in [-0.2, -0.15) is 0 Å². The molecule has 1 unspecified atom stereocenters. The van der Waals surface area contributed by atoms with Crippen molar-refractivity contribution in [2.45, 2.75) is 26.2 Å². The van der Waals surface area contributed by atoms with Crippen LogP contribution in [0.5, 0.6) is 0 Å². The van der Waals surface area contributed by atoms with E-state index in [1.54, 1.807) is 4.90 Å². The smallest absolute Gasteiger partial charge is 0.241 e. The molecule has 1 heterocycles. The summed E-state index contributed by atoms with van der Waals surface area (Å²) in [6.45, 7) is 3.51. The highest BCUT2D eigenvalue weighted by molar-refractivity contribution is 5.82. The van der Waals surface area contributed by atoms with E-state index in [-0.39, 0.29) is 24.3 Å². The van der Waals surface area contributed by atoms with Crippen molar-refractivity contribution in [2.24, 2.45) is 11.7 Å². The summed E-state index contributed by atoms with van der Waals surface area (Å²) < 4.78 is 0. The van der Waals surface area contributed by atoms with Crippen LogP contribution in [-0.4, -0.2) is 36.3 Å². The molecule has 2 amide bonds. The van der Waals surface area contributed by atoms with Gasteiger partial charge in [-0.05, 0) is 37.0 Å². The van der Waals surface area contributed by atoms with Gasteiger partial charge in [0.1, 0.15) is 0 Å². The number of hydrogen-bond donors (Lipinski definition) is 2. The molecular formula is C16H23N3O2. The lowest BCUT2D eigenvalue weighted by Crippen LogP contribution is -2.45. The molecular weight excluding hydrogens is 266 g/mol. The Morgan fingerprint density at radius 1 is 1.33 bits per heavy atom. The zero-order valence-corrected chi connectivity index (χ0v) is 12.5. The SMILES string of the molecule is CCc1ccc(NCC(=O)N2CCCC(C(N)=O)C2)cc1. The molecule has 1 aliphatic rings. The van der Waals surface area contributed by atoms with Crippen molar-refractivity contribution in [1.29, 1.82) is 0 Å². The molecule has 0 saturated carbocycles. The van der Waals surface area contributed by atoms with E-state index in [1.807, 2.05) is 12.1 Å². The van der Waals surface area contributed by atoms with Crippen LogP contribution in [-0.2, 0) is 16.0 Å². The van der Waals surface area contributed by atoms with E-state index in [2.05, 4.69) is 24.4 Å². The molecule has 0 spiro atoms. The molecule has 3 N–H and O–H groups in total. The Kier molecular flexibility index (Phi) is 5.20. The molecule has 1 fully saturated rings. The summed E-state index contributed by atoms with van der Waals surface area (Å²) in [5.74, 6) is -0.498. The summed E-state index contributed by atoms with van der Waals surface area (Å²) >= 11 is 0. The summed E-state index contributed by atoms with van der Waals surface area (Å²) in [7, 11) is 0. The Balaban J connectivity index is 1.84. The monoisotopic (exact) mass is 289 g/mol. The maximum absolute atomic E-state index is 12.2. The van der Waals surface area contributed by atoms with E-state index in [0.717, 1.165) is 24.9 Å². The molecule has 1 aromatic rings. The molecule has 114 valence electrons. The van der Waals surface area contributed by atoms with Crippen LogP contribution < -0.4 is 11.1 Å². The van der Waals surface area contributed by atoms with Crippen LogP contribution in [0, 0.1) is 5.92 Å². The number of rotatable bonds is 5. The Bertz CT molecular complexity index is 499. The third-order valence-corrected chi connectivity index (χ3v) is 3.98. The number of anilines is 1. The van der Waals surface area contributed by atoms with Gasteiger partial charge in [-0.1, -0.05) is 19.1 Å². The van der Waals surface area contributed by atoms with Gasteiger partial charge in [-0.15, -0.1) is 0 Å². The van der Waals surface area contributed by atoms with Crippen molar-refractivity contribution in [1.82, 2.24) is 4.90 Å². The topological polar surface area (TPSA) is 75.4 Å². The van der Waals surface area contributed by atoms with Crippen LogP contribution in [0.2, 0.25) is 0 Å². The van der Waals surface area contributed by atoms with E-state index >= 15 is 0 Å². The van der Waals surface area contributed by atoms with Crippen LogP contribution in [0.3, 0.4) is 0 Å². The Labute approximate surface area is 125 Å². The second-order valence-electron chi connectivity index (χ2n) is 5.49. The molecule has 0 aliphatic carbocycles. The van der Waals surface area contributed by atoms with E-state index in [9.17, 15) is 9.59 Å². The predicted molar refractivity (Wildman–Crippen MR) is 82.8 cm³/mol. The lowest BCUT2D eigenvalue weighted by Gasteiger charge is -2.31. The molecule has 21 heavy (non-hydrogen) atoms. The first-order chi connectivity index (χ1) is 10.1. The van der Waals surface area contributed by atoms with E-state index < -0.39 is 0 Å². The number of piperidine rings is 1. The second-order valence-corrected chi connectivity index (χ2v) is 5.49. The summed E-state index contributed by atoms with van der Waals surface area (Å²) in [5, 5.41) is 3.13. The number of benzene rings is 1. The summed E-state index contributed by atoms with van der Waals surface area (Å²) in [6, 6.07) is 8.07. The van der Waals surface area contributed by atoms with Gasteiger partial charge in [0.2, 0.25) is 11.8 Å². The summed E-state index contributed by atoms with van der Waals surface area (Å²) in [6.07, 6.45) is 2.62. The highest BCUT2D eigenvalue weighted by Gasteiger charge is 2.26. The van der Waals surface area contributed by atoms with Gasteiger partial charge in [-0.3, -0.25) is 9.59 Å². The number of carbonyl (C=O) groups is 2. The predicted octanol–water partition coefficient (Wildman–Crippen LogP) is 1.38. The number of primary amides is 1. The standard InChI is InChI=1S/C16H23N3O2/c1-2-12-5-7-14(8-6-12)18-10-15(20)19-9-3-4-13(11-19)16(17)21/h5-8,13,18H,2-4,9-11H2,1H3,(H2,17,21). The highest BCUT2D eigenvalue weighted by Crippen LogP contribution is 2.16. The quantitative estimate of drug-likeness (QED) is 0.860. The van der Waals surface area contributed by atoms with Crippen LogP contribution in [0.15, 0.2) is 24.3 Å². The molecule has 0 aromatic heterocycles. The highest BCUT2D eigenvalue weighted by atomic mass is 16.2. The normalized spacial score (nSPS) is 18.3. The van der Waals surface area contributed by atoms with Crippen molar-refractivity contribution >= 4 is 17.5 Å². The van der Waals surface area contributed by atoms with E-state index in [0.29, 0.717) is 13.1 Å². The fourth-order valence-electron chi connectivity index (χ4n) is 2.58. The van der Waals surface area contributed by atoms with Gasteiger partial charge in [0.25, 0.3) is 0 Å². The number of aryl methyl sites for hydroxylation is 1. The number of likely N-dealkylation sites (tertiary alicyclic amines) is 1. The average molecular weight is 289 g/mol. The molecule has 1 saturated heterocycles. The Morgan fingerprint density at radius 2 is 2.05 bits per heavy atom. The number of amides is 2. The van der Waals surface area contributed by atoms with Crippen LogP contribution in [0.4, 0.5) is 5.69 Å². The molecule has 0 bridgehead atoms. The lowest BCUT2D eigenvalue weighted by atomic mass is 9.97. The number of nitrogens with one attached hydrogen (secondary N) is 1. The van der Waals surface area contributed by atoms with Gasteiger partial charge in [0.05, 0.1) is 12.5 Å². The van der Waals surface area contributed by atoms with Gasteiger partial charge in [0, 0.05) is 18.8 Å². The minimum Gasteiger partial charge on any atom is -0.376 e. The fourth-order valence-corrected chi connectivity index (χ4v) is 2.58. The molecule has 1 aromatic carbocycles. The summed E-state index contributed by atoms with van der Waals surface area (Å²) in [5.41, 5.74) is 7.53. The Morgan fingerprint density at radius 3 is 2.67 bits per heavy atom. The van der Waals surface area contributed by atoms with Gasteiger partial charge >= 0.3 is 0 Å². The van der Waals surface area contributed by atoms with Crippen molar-refractivity contribution in [3.8, 4) is 0 Å². The number of nitrogens with two attached hydrogens (primary N) is 1. The van der Waals surface area contributed by atoms with Gasteiger partial charge < -0.3 is 16.0 Å². The molecule has 1 aliphatic heterocycles. The molecule has 5 nitrogen and oxygen atoms in total. The minimum absolute atomic E-state index is 0.0144. The zero-order valence-electron chi connectivity index (χ0n) is 12.5. The van der Waals surface area contributed by atoms with Crippen molar-refractivity contribution in [3.05, 3.63) is 29.8 Å². The minimum atomic E-state index is -0.310. The van der Waals surface area contributed by atoms with Crippen molar-refractivity contribution in [3.63, 3.8) is 0 Å². The third-order valence-electron chi connectivity index (χ3n) is 3.98. The molecule has 5 heteroatoms. The fraction of sp³-hybridized carbons (Fsp3) is 0.500. The lowest BCUT2D eigenvalue weighted by molar-refractivity contribution is -0.133. The number of carbonyl (C=O) groups excluding carboxylic acids is 2. The first kappa shape index (κ1) is 15.4. The van der Waals surface area contributed by atoms with Crippen LogP contribution in [0.25, 0.3) is 0 Å². The largest absolute Gasteiger partial charge is 0.376 e. The number of hydrogen-bond acceptors (Lipinski definition) is 3. The first-order valence-corrected chi connectivity index (χ1v) is 7.50. The maximum Gasteiger partial charge on any atom is 0.241 e. The third kappa shape index (κ3) is 4.21. The molecule has 1 atom stereocenters. The molecule has 2 rings (SSSR count). The summed E-state index contributed by atoms with van der Waals surface area (Å²) in [4.78, 5) is 25.1. The average Bonchev–Trinajstić information content (AvgIpc) is 2.53. The van der Waals surface area contributed by atoms with Gasteiger partial charge in [-0.25, -0.2) is 0 Å². The van der Waals surface area contributed by atoms with Crippen molar-refractivity contribution in [2.75, 3.05) is 25.0 Å². The first-order valence-electron chi connectivity index (χ1n) is 7.50. The van der Waals surface area contributed by atoms with Gasteiger partial charge in [0.15, 0.2) is 0 Å². The second kappa shape index (κ2) is 7.11. The van der Waals surface area contributed by atoms with E-state index in [4.69, 9.17) is 5.73 Å². The van der Waals surface area contributed by atoms with E-state index in [1.165, 1.54) is 5.56 Å². The zero-order chi connectivity index (χ0) is 15.2.